The number of ether oxygens (including phenoxy) is 2. The number of nitrogens with one attached hydrogen (secondary N) is 1. The van der Waals surface area contributed by atoms with Crippen LogP contribution in [0.25, 0.3) is 0 Å². The summed E-state index contributed by atoms with van der Waals surface area (Å²) in [4.78, 5) is 11.2. The molecule has 1 N–H and O–H groups in total. The van der Waals surface area contributed by atoms with E-state index in [-0.39, 0.29) is 0 Å². The largest absolute Gasteiger partial charge is 0.493 e. The summed E-state index contributed by atoms with van der Waals surface area (Å²) >= 11 is 11.9. The van der Waals surface area contributed by atoms with Crippen molar-refractivity contribution in [2.45, 2.75) is 18.3 Å². The minimum absolute atomic E-state index is 0.329. The number of benzene rings is 1. The molecule has 1 aromatic rings. The fraction of sp³-hybridized carbons (Fsp3) is 0.462. The predicted octanol–water partition coefficient (Wildman–Crippen LogP) is 2.14. The summed E-state index contributed by atoms with van der Waals surface area (Å²) in [6.45, 7) is 1.56. The molecular weight excluding hydrogens is 289 g/mol. The first-order valence-electron chi connectivity index (χ1n) is 5.98. The Kier molecular flexibility index (Phi) is 4.91. The molecule has 104 valence electrons. The minimum Gasteiger partial charge on any atom is -0.493 e. The number of rotatable bonds is 5. The number of carbonyl (C=O) groups excluding carboxylic acids is 1. The third kappa shape index (κ3) is 3.53. The van der Waals surface area contributed by atoms with E-state index in [0.717, 1.165) is 23.3 Å². The maximum absolute atomic E-state index is 11.2. The fourth-order valence-corrected chi connectivity index (χ4v) is 2.48. The summed E-state index contributed by atoms with van der Waals surface area (Å²) in [5.74, 6) is 0.447. The van der Waals surface area contributed by atoms with E-state index in [9.17, 15) is 4.79 Å². The van der Waals surface area contributed by atoms with Gasteiger partial charge in [0.25, 0.3) is 0 Å². The molecule has 0 saturated carbocycles. The Hall–Kier alpha value is -0.970. The van der Waals surface area contributed by atoms with Crippen LogP contribution in [0.15, 0.2) is 12.1 Å². The minimum atomic E-state index is -0.696. The van der Waals surface area contributed by atoms with Gasteiger partial charge in [0, 0.05) is 30.1 Å². The van der Waals surface area contributed by atoms with Crippen LogP contribution < -0.4 is 10.1 Å². The zero-order valence-corrected chi connectivity index (χ0v) is 12.1. The smallest absolute Gasteiger partial charge is 0.325 e. The molecule has 1 aliphatic rings. The Balaban J connectivity index is 1.95. The standard InChI is InChI=1S/C13H15Cl2NO3/c1-18-13(17)11(15)7-16-6-9-5-10(14)4-8-2-3-19-12(8)9/h4-5,11,16H,2-3,6-7H2,1H3. The predicted molar refractivity (Wildman–Crippen MR) is 74.0 cm³/mol. The maximum atomic E-state index is 11.2. The molecule has 2 rings (SSSR count). The number of hydrogen-bond acceptors (Lipinski definition) is 4. The first-order valence-corrected chi connectivity index (χ1v) is 6.80. The van der Waals surface area contributed by atoms with Crippen LogP contribution in [0.3, 0.4) is 0 Å². The molecule has 1 heterocycles. The molecule has 1 aliphatic heterocycles. The SMILES string of the molecule is COC(=O)C(Cl)CNCc1cc(Cl)cc2c1OCC2. The quantitative estimate of drug-likeness (QED) is 0.669. The van der Waals surface area contributed by atoms with Crippen molar-refractivity contribution in [2.75, 3.05) is 20.3 Å². The van der Waals surface area contributed by atoms with Gasteiger partial charge in [0.2, 0.25) is 0 Å². The van der Waals surface area contributed by atoms with Gasteiger partial charge in [-0.05, 0) is 17.7 Å². The van der Waals surface area contributed by atoms with Crippen molar-refractivity contribution in [3.05, 3.63) is 28.3 Å². The van der Waals surface area contributed by atoms with Gasteiger partial charge < -0.3 is 14.8 Å². The van der Waals surface area contributed by atoms with Crippen LogP contribution in [-0.4, -0.2) is 31.6 Å². The van der Waals surface area contributed by atoms with Crippen molar-refractivity contribution in [1.29, 1.82) is 0 Å². The third-order valence-electron chi connectivity index (χ3n) is 2.92. The number of carbonyl (C=O) groups is 1. The van der Waals surface area contributed by atoms with Crippen LogP contribution in [0.4, 0.5) is 0 Å². The molecule has 6 heteroatoms. The topological polar surface area (TPSA) is 47.6 Å². The number of hydrogen-bond donors (Lipinski definition) is 1. The first kappa shape index (κ1) is 14.4. The Labute approximate surface area is 122 Å². The van der Waals surface area contributed by atoms with Crippen LogP contribution in [0.2, 0.25) is 5.02 Å². The van der Waals surface area contributed by atoms with Crippen molar-refractivity contribution < 1.29 is 14.3 Å². The van der Waals surface area contributed by atoms with Gasteiger partial charge in [-0.2, -0.15) is 0 Å². The van der Waals surface area contributed by atoms with E-state index in [0.29, 0.717) is 24.7 Å². The first-order chi connectivity index (χ1) is 9.11. The van der Waals surface area contributed by atoms with Crippen LogP contribution in [-0.2, 0) is 22.5 Å². The van der Waals surface area contributed by atoms with Crippen molar-refractivity contribution in [3.63, 3.8) is 0 Å². The van der Waals surface area contributed by atoms with E-state index < -0.39 is 11.3 Å². The van der Waals surface area contributed by atoms with E-state index in [4.69, 9.17) is 27.9 Å². The maximum Gasteiger partial charge on any atom is 0.325 e. The number of halogens is 2. The highest BCUT2D eigenvalue weighted by Crippen LogP contribution is 2.32. The molecule has 0 amide bonds. The molecule has 0 saturated heterocycles. The summed E-state index contributed by atoms with van der Waals surface area (Å²) in [5, 5.41) is 3.10. The Morgan fingerprint density at radius 2 is 2.37 bits per heavy atom. The van der Waals surface area contributed by atoms with E-state index in [1.165, 1.54) is 7.11 Å². The van der Waals surface area contributed by atoms with Crippen LogP contribution >= 0.6 is 23.2 Å². The lowest BCUT2D eigenvalue weighted by atomic mass is 10.1. The van der Waals surface area contributed by atoms with Gasteiger partial charge >= 0.3 is 5.97 Å². The highest BCUT2D eigenvalue weighted by molar-refractivity contribution is 6.30. The average Bonchev–Trinajstić information content (AvgIpc) is 2.85. The van der Waals surface area contributed by atoms with Gasteiger partial charge in [-0.15, -0.1) is 11.6 Å². The molecule has 0 radical (unpaired) electrons. The molecule has 1 atom stereocenters. The Morgan fingerprint density at radius 1 is 1.58 bits per heavy atom. The molecule has 4 nitrogen and oxygen atoms in total. The van der Waals surface area contributed by atoms with E-state index >= 15 is 0 Å². The lowest BCUT2D eigenvalue weighted by molar-refractivity contribution is -0.140. The summed E-state index contributed by atoms with van der Waals surface area (Å²) in [7, 11) is 1.31. The summed E-state index contributed by atoms with van der Waals surface area (Å²) in [6, 6.07) is 3.78. The average molecular weight is 304 g/mol. The van der Waals surface area contributed by atoms with Crippen molar-refractivity contribution in [1.82, 2.24) is 5.32 Å². The fourth-order valence-electron chi connectivity index (χ4n) is 2.02. The molecule has 0 aromatic heterocycles. The van der Waals surface area contributed by atoms with E-state index in [1.807, 2.05) is 12.1 Å². The molecule has 0 aliphatic carbocycles. The van der Waals surface area contributed by atoms with Gasteiger partial charge in [-0.3, -0.25) is 4.79 Å². The highest BCUT2D eigenvalue weighted by atomic mass is 35.5. The van der Waals surface area contributed by atoms with Gasteiger partial charge in [0.15, 0.2) is 0 Å². The van der Waals surface area contributed by atoms with E-state index in [2.05, 4.69) is 10.1 Å². The third-order valence-corrected chi connectivity index (χ3v) is 3.47. The lowest BCUT2D eigenvalue weighted by Gasteiger charge is -2.12. The second-order valence-corrected chi connectivity index (χ2v) is 5.24. The molecule has 0 spiro atoms. The zero-order valence-electron chi connectivity index (χ0n) is 10.5. The highest BCUT2D eigenvalue weighted by Gasteiger charge is 2.19. The van der Waals surface area contributed by atoms with Gasteiger partial charge in [-0.1, -0.05) is 11.6 Å². The molecule has 1 aromatic carbocycles. The summed E-state index contributed by atoms with van der Waals surface area (Å²) < 4.78 is 10.1. The zero-order chi connectivity index (χ0) is 13.8. The van der Waals surface area contributed by atoms with Crippen LogP contribution in [0, 0.1) is 0 Å². The summed E-state index contributed by atoms with van der Waals surface area (Å²) in [6.07, 6.45) is 0.878. The molecule has 1 unspecified atom stereocenters. The van der Waals surface area contributed by atoms with Crippen LogP contribution in [0.5, 0.6) is 5.75 Å². The number of fused-ring (bicyclic) bond motifs is 1. The molecular formula is C13H15Cl2NO3. The molecule has 0 bridgehead atoms. The summed E-state index contributed by atoms with van der Waals surface area (Å²) in [5.41, 5.74) is 2.11. The van der Waals surface area contributed by atoms with Gasteiger partial charge in [-0.25, -0.2) is 0 Å². The molecule has 0 fully saturated rings. The van der Waals surface area contributed by atoms with Gasteiger partial charge in [0.05, 0.1) is 13.7 Å². The Morgan fingerprint density at radius 3 is 3.11 bits per heavy atom. The van der Waals surface area contributed by atoms with Gasteiger partial charge in [0.1, 0.15) is 11.1 Å². The number of methoxy groups -OCH3 is 1. The Bertz CT molecular complexity index is 479. The van der Waals surface area contributed by atoms with Crippen molar-refractivity contribution >= 4 is 29.2 Å². The normalized spacial score (nSPS) is 14.7. The second-order valence-electron chi connectivity index (χ2n) is 4.27. The number of alkyl halides is 1. The van der Waals surface area contributed by atoms with Crippen LogP contribution in [0.1, 0.15) is 11.1 Å². The van der Waals surface area contributed by atoms with E-state index in [1.54, 1.807) is 0 Å². The van der Waals surface area contributed by atoms with Crippen molar-refractivity contribution in [2.24, 2.45) is 0 Å². The molecule has 19 heavy (non-hydrogen) atoms. The monoisotopic (exact) mass is 303 g/mol. The second kappa shape index (κ2) is 6.46. The van der Waals surface area contributed by atoms with Crippen molar-refractivity contribution in [3.8, 4) is 5.75 Å². The lowest BCUT2D eigenvalue weighted by Crippen LogP contribution is -2.29. The number of esters is 1.